The standard InChI is InChI=1S/C18H26N2O2S/c1-17(2,3)23-15-9-12(7-8-19-15)11-20-16(21)18(4)10-13-5-6-14(18)22-13/h7-9,13-14H,5-6,10-11H2,1-4H3,(H,20,21). The zero-order chi connectivity index (χ0) is 16.7. The lowest BCUT2D eigenvalue weighted by Gasteiger charge is -2.29. The summed E-state index contributed by atoms with van der Waals surface area (Å²) in [6, 6.07) is 4.03. The minimum atomic E-state index is -0.362. The Labute approximate surface area is 142 Å². The van der Waals surface area contributed by atoms with E-state index in [2.05, 4.69) is 37.1 Å². The molecule has 3 unspecified atom stereocenters. The fourth-order valence-electron chi connectivity index (χ4n) is 3.48. The molecular formula is C18H26N2O2S. The molecule has 5 heteroatoms. The number of thioether (sulfide) groups is 1. The Hall–Kier alpha value is -1.07. The highest BCUT2D eigenvalue weighted by atomic mass is 32.2. The van der Waals surface area contributed by atoms with Gasteiger partial charge in [-0.15, -0.1) is 11.8 Å². The number of carbonyl (C=O) groups excluding carboxylic acids is 1. The molecule has 1 amide bonds. The molecule has 0 aliphatic carbocycles. The van der Waals surface area contributed by atoms with Crippen molar-refractivity contribution < 1.29 is 9.53 Å². The van der Waals surface area contributed by atoms with Crippen LogP contribution in [0.15, 0.2) is 23.4 Å². The average Bonchev–Trinajstić information content (AvgIpc) is 3.04. The largest absolute Gasteiger partial charge is 0.374 e. The van der Waals surface area contributed by atoms with Gasteiger partial charge in [-0.05, 0) is 43.9 Å². The van der Waals surface area contributed by atoms with Gasteiger partial charge in [0.05, 0.1) is 22.6 Å². The van der Waals surface area contributed by atoms with Crippen LogP contribution in [0.2, 0.25) is 0 Å². The molecule has 2 saturated heterocycles. The van der Waals surface area contributed by atoms with Crippen LogP contribution < -0.4 is 5.32 Å². The van der Waals surface area contributed by atoms with Gasteiger partial charge in [0.25, 0.3) is 0 Å². The van der Waals surface area contributed by atoms with E-state index in [1.807, 2.05) is 19.2 Å². The summed E-state index contributed by atoms with van der Waals surface area (Å²) in [6.45, 7) is 9.10. The average molecular weight is 334 g/mol. The van der Waals surface area contributed by atoms with Crippen LogP contribution in [-0.2, 0) is 16.1 Å². The molecule has 4 nitrogen and oxygen atoms in total. The van der Waals surface area contributed by atoms with E-state index in [0.29, 0.717) is 6.54 Å². The first-order valence-electron chi connectivity index (χ1n) is 8.34. The highest BCUT2D eigenvalue weighted by Gasteiger charge is 2.53. The molecule has 3 heterocycles. The summed E-state index contributed by atoms with van der Waals surface area (Å²) >= 11 is 1.74. The number of aromatic nitrogens is 1. The Morgan fingerprint density at radius 1 is 1.48 bits per heavy atom. The highest BCUT2D eigenvalue weighted by Crippen LogP contribution is 2.47. The molecule has 0 spiro atoms. The number of nitrogens with zero attached hydrogens (tertiary/aromatic N) is 1. The first kappa shape index (κ1) is 16.8. The van der Waals surface area contributed by atoms with Crippen molar-refractivity contribution in [2.75, 3.05) is 0 Å². The summed E-state index contributed by atoms with van der Waals surface area (Å²) in [5.74, 6) is 0.117. The van der Waals surface area contributed by atoms with Crippen molar-refractivity contribution in [3.05, 3.63) is 23.9 Å². The van der Waals surface area contributed by atoms with Crippen molar-refractivity contribution in [1.82, 2.24) is 10.3 Å². The van der Waals surface area contributed by atoms with Crippen molar-refractivity contribution >= 4 is 17.7 Å². The summed E-state index contributed by atoms with van der Waals surface area (Å²) < 4.78 is 5.99. The van der Waals surface area contributed by atoms with Crippen molar-refractivity contribution in [3.8, 4) is 0 Å². The van der Waals surface area contributed by atoms with Crippen LogP contribution in [0, 0.1) is 5.41 Å². The number of hydrogen-bond donors (Lipinski definition) is 1. The normalized spacial score (nSPS) is 29.7. The second-order valence-corrected chi connectivity index (χ2v) is 9.69. The van der Waals surface area contributed by atoms with Gasteiger partial charge in [-0.1, -0.05) is 20.8 Å². The Morgan fingerprint density at radius 3 is 2.87 bits per heavy atom. The number of carbonyl (C=O) groups is 1. The fourth-order valence-corrected chi connectivity index (χ4v) is 4.43. The molecule has 0 radical (unpaired) electrons. The van der Waals surface area contributed by atoms with E-state index in [4.69, 9.17) is 4.74 Å². The van der Waals surface area contributed by atoms with E-state index < -0.39 is 0 Å². The predicted octanol–water partition coefficient (Wildman–Crippen LogP) is 3.55. The van der Waals surface area contributed by atoms with Gasteiger partial charge in [-0.2, -0.15) is 0 Å². The topological polar surface area (TPSA) is 51.2 Å². The maximum Gasteiger partial charge on any atom is 0.228 e. The van der Waals surface area contributed by atoms with Crippen LogP contribution in [0.25, 0.3) is 0 Å². The molecule has 0 saturated carbocycles. The molecule has 0 aromatic carbocycles. The van der Waals surface area contributed by atoms with Crippen molar-refractivity contribution in [3.63, 3.8) is 0 Å². The van der Waals surface area contributed by atoms with E-state index in [0.717, 1.165) is 29.9 Å². The number of fused-ring (bicyclic) bond motifs is 2. The van der Waals surface area contributed by atoms with Crippen molar-refractivity contribution in [2.24, 2.45) is 5.41 Å². The van der Waals surface area contributed by atoms with E-state index in [9.17, 15) is 4.79 Å². The highest BCUT2D eigenvalue weighted by molar-refractivity contribution is 8.00. The molecule has 1 N–H and O–H groups in total. The molecule has 3 atom stereocenters. The first-order chi connectivity index (χ1) is 10.8. The number of nitrogens with one attached hydrogen (secondary N) is 1. The third kappa shape index (κ3) is 3.72. The Bertz CT molecular complexity index is 599. The smallest absolute Gasteiger partial charge is 0.228 e. The van der Waals surface area contributed by atoms with Gasteiger partial charge in [0.1, 0.15) is 0 Å². The Morgan fingerprint density at radius 2 is 2.26 bits per heavy atom. The molecule has 3 rings (SSSR count). The van der Waals surface area contributed by atoms with Crippen LogP contribution in [0.5, 0.6) is 0 Å². The first-order valence-corrected chi connectivity index (χ1v) is 9.16. The van der Waals surface area contributed by atoms with Gasteiger partial charge in [0, 0.05) is 17.5 Å². The number of rotatable bonds is 4. The van der Waals surface area contributed by atoms with Gasteiger partial charge < -0.3 is 10.1 Å². The second kappa shape index (κ2) is 6.10. The summed E-state index contributed by atoms with van der Waals surface area (Å²) in [5, 5.41) is 4.10. The van der Waals surface area contributed by atoms with Gasteiger partial charge >= 0.3 is 0 Å². The quantitative estimate of drug-likeness (QED) is 0.856. The molecule has 2 fully saturated rings. The van der Waals surface area contributed by atoms with Gasteiger partial charge in [-0.25, -0.2) is 4.98 Å². The molecule has 1 aromatic rings. The second-order valence-electron chi connectivity index (χ2n) is 7.85. The van der Waals surface area contributed by atoms with Gasteiger partial charge in [0.15, 0.2) is 0 Å². The van der Waals surface area contributed by atoms with E-state index in [-0.39, 0.29) is 28.3 Å². The lowest BCUT2D eigenvalue weighted by atomic mass is 9.75. The lowest BCUT2D eigenvalue weighted by Crippen LogP contribution is -2.44. The van der Waals surface area contributed by atoms with Crippen LogP contribution in [0.3, 0.4) is 0 Å². The van der Waals surface area contributed by atoms with Crippen LogP contribution in [0.4, 0.5) is 0 Å². The SMILES string of the molecule is CC(C)(C)Sc1cc(CNC(=O)C2(C)CC3CCC2O3)ccn1. The van der Waals surface area contributed by atoms with Gasteiger partial charge in [0.2, 0.25) is 5.91 Å². The zero-order valence-corrected chi connectivity index (χ0v) is 15.2. The van der Waals surface area contributed by atoms with E-state index in [1.54, 1.807) is 11.8 Å². The van der Waals surface area contributed by atoms with Crippen LogP contribution >= 0.6 is 11.8 Å². The van der Waals surface area contributed by atoms with Crippen LogP contribution in [-0.4, -0.2) is 27.8 Å². The maximum absolute atomic E-state index is 12.6. The molecule has 126 valence electrons. The minimum Gasteiger partial charge on any atom is -0.374 e. The van der Waals surface area contributed by atoms with Gasteiger partial charge in [-0.3, -0.25) is 4.79 Å². The number of ether oxygens (including phenoxy) is 1. The van der Waals surface area contributed by atoms with Crippen molar-refractivity contribution in [1.29, 1.82) is 0 Å². The molecule has 2 aliphatic rings. The number of pyridine rings is 1. The number of hydrogen-bond acceptors (Lipinski definition) is 4. The van der Waals surface area contributed by atoms with Crippen LogP contribution in [0.1, 0.15) is 52.5 Å². The fraction of sp³-hybridized carbons (Fsp3) is 0.667. The summed E-state index contributed by atoms with van der Waals surface area (Å²) in [5.41, 5.74) is 0.728. The summed E-state index contributed by atoms with van der Waals surface area (Å²) in [6.07, 6.45) is 5.16. The third-order valence-corrected chi connectivity index (χ3v) is 5.70. The molecule has 2 bridgehead atoms. The molecule has 23 heavy (non-hydrogen) atoms. The van der Waals surface area contributed by atoms with E-state index in [1.165, 1.54) is 0 Å². The lowest BCUT2D eigenvalue weighted by molar-refractivity contribution is -0.133. The summed E-state index contributed by atoms with van der Waals surface area (Å²) in [4.78, 5) is 17.0. The zero-order valence-electron chi connectivity index (χ0n) is 14.4. The molecular weight excluding hydrogens is 308 g/mol. The molecule has 1 aromatic heterocycles. The Balaban J connectivity index is 1.60. The Kier molecular flexibility index (Phi) is 4.45. The third-order valence-electron chi connectivity index (χ3n) is 4.65. The molecule has 2 aliphatic heterocycles. The maximum atomic E-state index is 12.6. The predicted molar refractivity (Wildman–Crippen MR) is 92.3 cm³/mol. The monoisotopic (exact) mass is 334 g/mol. The minimum absolute atomic E-state index is 0.0944. The summed E-state index contributed by atoms with van der Waals surface area (Å²) in [7, 11) is 0. The van der Waals surface area contributed by atoms with E-state index >= 15 is 0 Å². The van der Waals surface area contributed by atoms with Crippen molar-refractivity contribution in [2.45, 2.75) is 75.5 Å². The number of amides is 1.